The number of rotatable bonds is 1. The first kappa shape index (κ1) is 14.1. The molecule has 1 aromatic heterocycles. The Bertz CT molecular complexity index is 920. The predicted molar refractivity (Wildman–Crippen MR) is 82.7 cm³/mol. The van der Waals surface area contributed by atoms with E-state index < -0.39 is 17.4 Å². The molecule has 0 atom stereocenters. The standard InChI is InChI=1S/C16H14N2O4/c1-7-8(2)14-9(3)15(18-12(19)4-5-13(18)20)16(21)22-11(14)6-10(7)17/h4-6H,17H2,1-3H3. The molecule has 2 amide bonds. The third-order valence-corrected chi connectivity index (χ3v) is 4.06. The Labute approximate surface area is 125 Å². The third-order valence-electron chi connectivity index (χ3n) is 4.06. The summed E-state index contributed by atoms with van der Waals surface area (Å²) in [4.78, 5) is 36.8. The maximum absolute atomic E-state index is 12.3. The first-order valence-corrected chi connectivity index (χ1v) is 6.72. The highest BCUT2D eigenvalue weighted by Crippen LogP contribution is 2.32. The first-order valence-electron chi connectivity index (χ1n) is 6.72. The molecule has 22 heavy (non-hydrogen) atoms. The Morgan fingerprint density at radius 1 is 0.955 bits per heavy atom. The van der Waals surface area contributed by atoms with Gasteiger partial charge < -0.3 is 10.2 Å². The molecule has 0 saturated heterocycles. The van der Waals surface area contributed by atoms with Crippen molar-refractivity contribution < 1.29 is 14.0 Å². The lowest BCUT2D eigenvalue weighted by atomic mass is 9.99. The molecule has 6 heteroatoms. The molecule has 2 heterocycles. The molecule has 1 aliphatic rings. The minimum absolute atomic E-state index is 0.0419. The van der Waals surface area contributed by atoms with Gasteiger partial charge >= 0.3 is 5.63 Å². The van der Waals surface area contributed by atoms with Crippen molar-refractivity contribution in [1.82, 2.24) is 0 Å². The molecule has 1 aromatic carbocycles. The van der Waals surface area contributed by atoms with E-state index in [2.05, 4.69) is 0 Å². The fourth-order valence-corrected chi connectivity index (χ4v) is 2.76. The summed E-state index contributed by atoms with van der Waals surface area (Å²) in [7, 11) is 0. The summed E-state index contributed by atoms with van der Waals surface area (Å²) in [5, 5.41) is 0.689. The van der Waals surface area contributed by atoms with Gasteiger partial charge in [0.2, 0.25) is 0 Å². The fraction of sp³-hybridized carbons (Fsp3) is 0.188. The van der Waals surface area contributed by atoms with E-state index in [1.54, 1.807) is 13.0 Å². The van der Waals surface area contributed by atoms with Crippen molar-refractivity contribution >= 4 is 34.2 Å². The number of anilines is 2. The van der Waals surface area contributed by atoms with E-state index >= 15 is 0 Å². The number of imide groups is 1. The Balaban J connectivity index is 2.41. The van der Waals surface area contributed by atoms with Crippen molar-refractivity contribution in [2.24, 2.45) is 0 Å². The SMILES string of the molecule is Cc1c(N)cc2oc(=O)c(N3C(=O)C=CC3=O)c(C)c2c1C. The molecule has 0 radical (unpaired) electrons. The van der Waals surface area contributed by atoms with E-state index in [4.69, 9.17) is 10.2 Å². The normalized spacial score (nSPS) is 14.4. The van der Waals surface area contributed by atoms with Gasteiger partial charge in [-0.15, -0.1) is 0 Å². The molecule has 112 valence electrons. The minimum Gasteiger partial charge on any atom is -0.421 e. The molecular formula is C16H14N2O4. The summed E-state index contributed by atoms with van der Waals surface area (Å²) in [5.41, 5.74) is 8.24. The number of nitrogens with two attached hydrogens (primary N) is 1. The van der Waals surface area contributed by atoms with Gasteiger partial charge in [0.05, 0.1) is 0 Å². The molecule has 3 rings (SSSR count). The van der Waals surface area contributed by atoms with Crippen LogP contribution in [-0.2, 0) is 9.59 Å². The number of fused-ring (bicyclic) bond motifs is 1. The summed E-state index contributed by atoms with van der Waals surface area (Å²) < 4.78 is 5.29. The van der Waals surface area contributed by atoms with Crippen LogP contribution < -0.4 is 16.3 Å². The van der Waals surface area contributed by atoms with E-state index in [1.807, 2.05) is 13.8 Å². The van der Waals surface area contributed by atoms with Gasteiger partial charge in [0.1, 0.15) is 11.3 Å². The van der Waals surface area contributed by atoms with Crippen LogP contribution in [0.15, 0.2) is 27.4 Å². The topological polar surface area (TPSA) is 93.6 Å². The summed E-state index contributed by atoms with van der Waals surface area (Å²) in [6, 6.07) is 1.59. The molecule has 6 nitrogen and oxygen atoms in total. The smallest absolute Gasteiger partial charge is 0.361 e. The van der Waals surface area contributed by atoms with E-state index in [0.29, 0.717) is 22.2 Å². The number of hydrogen-bond donors (Lipinski definition) is 1. The van der Waals surface area contributed by atoms with Gasteiger partial charge in [-0.05, 0) is 37.5 Å². The number of amides is 2. The maximum atomic E-state index is 12.3. The lowest BCUT2D eigenvalue weighted by Crippen LogP contribution is -2.34. The molecular weight excluding hydrogens is 284 g/mol. The van der Waals surface area contributed by atoms with Gasteiger partial charge in [0.25, 0.3) is 11.8 Å². The zero-order valence-electron chi connectivity index (χ0n) is 12.4. The summed E-state index contributed by atoms with van der Waals surface area (Å²) in [6.45, 7) is 5.41. The monoisotopic (exact) mass is 298 g/mol. The largest absolute Gasteiger partial charge is 0.421 e. The van der Waals surface area contributed by atoms with Crippen LogP contribution >= 0.6 is 0 Å². The lowest BCUT2D eigenvalue weighted by Gasteiger charge is -2.18. The highest BCUT2D eigenvalue weighted by Gasteiger charge is 2.31. The van der Waals surface area contributed by atoms with Crippen LogP contribution in [0, 0.1) is 20.8 Å². The molecule has 0 fully saturated rings. The van der Waals surface area contributed by atoms with Crippen LogP contribution in [0.2, 0.25) is 0 Å². The average molecular weight is 298 g/mol. The summed E-state index contributed by atoms with van der Waals surface area (Å²) >= 11 is 0. The fourth-order valence-electron chi connectivity index (χ4n) is 2.76. The average Bonchev–Trinajstić information content (AvgIpc) is 2.76. The van der Waals surface area contributed by atoms with E-state index in [9.17, 15) is 14.4 Å². The maximum Gasteiger partial charge on any atom is 0.361 e. The van der Waals surface area contributed by atoms with Crippen molar-refractivity contribution in [2.45, 2.75) is 20.8 Å². The Kier molecular flexibility index (Phi) is 2.91. The third kappa shape index (κ3) is 1.77. The molecule has 2 N–H and O–H groups in total. The highest BCUT2D eigenvalue weighted by atomic mass is 16.4. The van der Waals surface area contributed by atoms with E-state index in [0.717, 1.165) is 28.2 Å². The highest BCUT2D eigenvalue weighted by molar-refractivity contribution is 6.28. The van der Waals surface area contributed by atoms with E-state index in [1.165, 1.54) is 0 Å². The quantitative estimate of drug-likeness (QED) is 0.491. The van der Waals surface area contributed by atoms with Gasteiger partial charge in [-0.3, -0.25) is 9.59 Å². The number of hydrogen-bond acceptors (Lipinski definition) is 5. The van der Waals surface area contributed by atoms with Gasteiger partial charge in [-0.1, -0.05) is 0 Å². The molecule has 0 bridgehead atoms. The second-order valence-electron chi connectivity index (χ2n) is 5.30. The van der Waals surface area contributed by atoms with Crippen molar-refractivity contribution in [1.29, 1.82) is 0 Å². The number of benzene rings is 1. The van der Waals surface area contributed by atoms with Gasteiger partial charge in [-0.25, -0.2) is 9.69 Å². The molecule has 0 unspecified atom stereocenters. The van der Waals surface area contributed by atoms with Crippen LogP contribution in [0.1, 0.15) is 16.7 Å². The second-order valence-corrected chi connectivity index (χ2v) is 5.30. The summed E-state index contributed by atoms with van der Waals surface area (Å²) in [5.74, 6) is -1.10. The van der Waals surface area contributed by atoms with Crippen molar-refractivity contribution in [3.05, 3.63) is 45.3 Å². The molecule has 1 aliphatic heterocycles. The minimum atomic E-state index is -0.738. The molecule has 0 spiro atoms. The van der Waals surface area contributed by atoms with Crippen LogP contribution in [0.5, 0.6) is 0 Å². The number of aryl methyl sites for hydroxylation is 2. The van der Waals surface area contributed by atoms with Gasteiger partial charge in [0, 0.05) is 29.3 Å². The lowest BCUT2D eigenvalue weighted by molar-refractivity contribution is -0.120. The number of carbonyl (C=O) groups excluding carboxylic acids is 2. The Hall–Kier alpha value is -2.89. The molecule has 0 saturated carbocycles. The van der Waals surface area contributed by atoms with Crippen LogP contribution in [-0.4, -0.2) is 11.8 Å². The number of nitrogen functional groups attached to an aromatic ring is 1. The Morgan fingerprint density at radius 3 is 2.14 bits per heavy atom. The van der Waals surface area contributed by atoms with E-state index in [-0.39, 0.29) is 5.69 Å². The van der Waals surface area contributed by atoms with Gasteiger partial charge in [-0.2, -0.15) is 0 Å². The predicted octanol–water partition coefficient (Wildman–Crippen LogP) is 1.73. The van der Waals surface area contributed by atoms with Crippen molar-refractivity contribution in [2.75, 3.05) is 10.6 Å². The summed E-state index contributed by atoms with van der Waals surface area (Å²) in [6.07, 6.45) is 2.26. The van der Waals surface area contributed by atoms with Crippen LogP contribution in [0.3, 0.4) is 0 Å². The second kappa shape index (κ2) is 4.56. The first-order chi connectivity index (χ1) is 10.3. The van der Waals surface area contributed by atoms with Crippen LogP contribution in [0.25, 0.3) is 11.0 Å². The molecule has 0 aliphatic carbocycles. The zero-order valence-corrected chi connectivity index (χ0v) is 12.4. The molecule has 2 aromatic rings. The Morgan fingerprint density at radius 2 is 1.55 bits per heavy atom. The van der Waals surface area contributed by atoms with Crippen molar-refractivity contribution in [3.63, 3.8) is 0 Å². The van der Waals surface area contributed by atoms with Crippen LogP contribution in [0.4, 0.5) is 11.4 Å². The number of nitrogens with zero attached hydrogens (tertiary/aromatic N) is 1. The zero-order chi connectivity index (χ0) is 16.2. The number of carbonyl (C=O) groups is 2. The van der Waals surface area contributed by atoms with Gasteiger partial charge in [0.15, 0.2) is 0 Å². The van der Waals surface area contributed by atoms with Crippen molar-refractivity contribution in [3.8, 4) is 0 Å².